The highest BCUT2D eigenvalue weighted by Crippen LogP contribution is 2.37. The van der Waals surface area contributed by atoms with Gasteiger partial charge in [-0.05, 0) is 73.2 Å². The van der Waals surface area contributed by atoms with E-state index in [4.69, 9.17) is 4.98 Å². The molecule has 1 atom stereocenters. The molecule has 0 bridgehead atoms. The van der Waals surface area contributed by atoms with Gasteiger partial charge in [0.1, 0.15) is 11.0 Å². The van der Waals surface area contributed by atoms with E-state index in [1.54, 1.807) is 34.4 Å². The summed E-state index contributed by atoms with van der Waals surface area (Å²) in [7, 11) is 0. The molecule has 2 aliphatic rings. The van der Waals surface area contributed by atoms with Gasteiger partial charge in [-0.15, -0.1) is 22.7 Å². The number of fused-ring (bicyclic) bond motifs is 1. The number of benzene rings is 2. The topological polar surface area (TPSA) is 70.6 Å². The van der Waals surface area contributed by atoms with Crippen molar-refractivity contribution in [3.05, 3.63) is 70.4 Å². The van der Waals surface area contributed by atoms with E-state index >= 15 is 0 Å². The molecule has 2 aromatic carbocycles. The zero-order valence-corrected chi connectivity index (χ0v) is 20.1. The van der Waals surface area contributed by atoms with Crippen LogP contribution in [0.3, 0.4) is 0 Å². The second kappa shape index (κ2) is 8.14. The number of carbonyl (C=O) groups excluding carboxylic acids is 3. The molecule has 3 amide bonds. The van der Waals surface area contributed by atoms with Gasteiger partial charge >= 0.3 is 0 Å². The lowest BCUT2D eigenvalue weighted by Crippen LogP contribution is -2.46. The van der Waals surface area contributed by atoms with Gasteiger partial charge in [-0.25, -0.2) is 9.88 Å². The van der Waals surface area contributed by atoms with Crippen LogP contribution < -0.4 is 4.90 Å². The number of hydrogen-bond acceptors (Lipinski definition) is 6. The Morgan fingerprint density at radius 3 is 2.59 bits per heavy atom. The number of imide groups is 1. The third-order valence-electron chi connectivity index (χ3n) is 6.28. The van der Waals surface area contributed by atoms with Crippen LogP contribution in [-0.2, 0) is 9.59 Å². The Hall–Kier alpha value is -3.36. The normalized spacial score (nSPS) is 18.1. The Balaban J connectivity index is 1.26. The monoisotopic (exact) mass is 487 g/mol. The quantitative estimate of drug-likeness (QED) is 0.360. The maximum absolute atomic E-state index is 13.4. The van der Waals surface area contributed by atoms with Crippen LogP contribution in [-0.4, -0.2) is 39.7 Å². The Kier molecular flexibility index (Phi) is 5.08. The van der Waals surface area contributed by atoms with E-state index in [1.165, 1.54) is 21.8 Å². The average molecular weight is 488 g/mol. The maximum Gasteiger partial charge on any atom is 0.264 e. The zero-order valence-electron chi connectivity index (χ0n) is 18.4. The van der Waals surface area contributed by atoms with Crippen molar-refractivity contribution in [1.29, 1.82) is 0 Å². The van der Waals surface area contributed by atoms with Gasteiger partial charge < -0.3 is 4.90 Å². The van der Waals surface area contributed by atoms with Crippen molar-refractivity contribution in [2.45, 2.75) is 38.3 Å². The molecule has 4 aromatic rings. The van der Waals surface area contributed by atoms with Crippen LogP contribution in [0.4, 0.5) is 5.69 Å². The van der Waals surface area contributed by atoms with Gasteiger partial charge in [0.05, 0.1) is 27.2 Å². The Labute approximate surface area is 204 Å². The SMILES string of the molecule is Cc1ccc2nc(-c3ccc(N4C(=O)CC(N(C(=O)c5cccs5)C5CC5)C4=O)cc3)sc2c1. The average Bonchev–Trinajstić information content (AvgIpc) is 3.22. The molecule has 2 fully saturated rings. The highest BCUT2D eigenvalue weighted by Gasteiger charge is 2.49. The summed E-state index contributed by atoms with van der Waals surface area (Å²) in [4.78, 5) is 47.6. The predicted octanol–water partition coefficient (Wildman–Crippen LogP) is 5.27. The third kappa shape index (κ3) is 3.63. The molecule has 1 saturated carbocycles. The molecular weight excluding hydrogens is 466 g/mol. The molecule has 0 N–H and O–H groups in total. The van der Waals surface area contributed by atoms with E-state index in [0.29, 0.717) is 10.6 Å². The maximum atomic E-state index is 13.4. The number of thiophene rings is 1. The van der Waals surface area contributed by atoms with Gasteiger partial charge in [0.2, 0.25) is 5.91 Å². The number of amides is 3. The number of aryl methyl sites for hydroxylation is 1. The molecule has 0 spiro atoms. The second-order valence-electron chi connectivity index (χ2n) is 8.75. The number of nitrogens with zero attached hydrogens (tertiary/aromatic N) is 3. The van der Waals surface area contributed by atoms with Crippen molar-refractivity contribution < 1.29 is 14.4 Å². The largest absolute Gasteiger partial charge is 0.322 e. The summed E-state index contributed by atoms with van der Waals surface area (Å²) in [6.07, 6.45) is 1.75. The van der Waals surface area contributed by atoms with Crippen molar-refractivity contribution in [1.82, 2.24) is 9.88 Å². The summed E-state index contributed by atoms with van der Waals surface area (Å²) in [6, 6.07) is 16.4. The molecule has 0 radical (unpaired) electrons. The molecule has 1 unspecified atom stereocenters. The van der Waals surface area contributed by atoms with Gasteiger partial charge in [0.15, 0.2) is 0 Å². The number of aromatic nitrogens is 1. The molecular formula is C26H21N3O3S2. The standard InChI is InChI=1S/C26H21N3O3S2/c1-15-4-11-19-22(13-15)34-24(27-19)16-5-7-18(8-6-16)29-23(30)14-20(25(29)31)28(17-9-10-17)26(32)21-3-2-12-33-21/h2-8,11-13,17,20H,9-10,14H2,1H3. The van der Waals surface area contributed by atoms with Crippen molar-refractivity contribution in [3.8, 4) is 10.6 Å². The summed E-state index contributed by atoms with van der Waals surface area (Å²) in [5.41, 5.74) is 3.61. The van der Waals surface area contributed by atoms with E-state index in [9.17, 15) is 14.4 Å². The minimum atomic E-state index is -0.748. The predicted molar refractivity (Wildman–Crippen MR) is 134 cm³/mol. The van der Waals surface area contributed by atoms with Crippen LogP contribution in [0.5, 0.6) is 0 Å². The van der Waals surface area contributed by atoms with E-state index in [1.807, 2.05) is 35.7 Å². The lowest BCUT2D eigenvalue weighted by molar-refractivity contribution is -0.122. The fourth-order valence-electron chi connectivity index (χ4n) is 4.45. The van der Waals surface area contributed by atoms with Crippen LogP contribution in [0.25, 0.3) is 20.8 Å². The van der Waals surface area contributed by atoms with E-state index in [-0.39, 0.29) is 30.2 Å². The lowest BCUT2D eigenvalue weighted by Gasteiger charge is -2.27. The summed E-state index contributed by atoms with van der Waals surface area (Å²) in [5, 5.41) is 2.74. The molecule has 6 nitrogen and oxygen atoms in total. The van der Waals surface area contributed by atoms with Crippen LogP contribution in [0.15, 0.2) is 60.0 Å². The van der Waals surface area contributed by atoms with E-state index in [2.05, 4.69) is 13.0 Å². The molecule has 3 heterocycles. The molecule has 1 saturated heterocycles. The number of rotatable bonds is 5. The molecule has 6 rings (SSSR count). The van der Waals surface area contributed by atoms with Crippen molar-refractivity contribution in [2.24, 2.45) is 0 Å². The van der Waals surface area contributed by atoms with E-state index < -0.39 is 6.04 Å². The Morgan fingerprint density at radius 1 is 1.09 bits per heavy atom. The molecule has 1 aliphatic heterocycles. The molecule has 2 aromatic heterocycles. The molecule has 8 heteroatoms. The molecule has 170 valence electrons. The first-order valence-electron chi connectivity index (χ1n) is 11.2. The van der Waals surface area contributed by atoms with Gasteiger partial charge in [0.25, 0.3) is 11.8 Å². The van der Waals surface area contributed by atoms with Crippen LogP contribution in [0.1, 0.15) is 34.5 Å². The van der Waals surface area contributed by atoms with Crippen LogP contribution in [0, 0.1) is 6.92 Å². The summed E-state index contributed by atoms with van der Waals surface area (Å²) < 4.78 is 1.13. The van der Waals surface area contributed by atoms with Gasteiger partial charge in [0, 0.05) is 11.6 Å². The zero-order chi connectivity index (χ0) is 23.4. The third-order valence-corrected chi connectivity index (χ3v) is 8.21. The fraction of sp³-hybridized carbons (Fsp3) is 0.231. The lowest BCUT2D eigenvalue weighted by atomic mass is 10.2. The number of carbonyl (C=O) groups is 3. The highest BCUT2D eigenvalue weighted by molar-refractivity contribution is 7.21. The summed E-state index contributed by atoms with van der Waals surface area (Å²) in [5.74, 6) is -0.764. The van der Waals surface area contributed by atoms with E-state index in [0.717, 1.165) is 33.6 Å². The van der Waals surface area contributed by atoms with Crippen molar-refractivity contribution >= 4 is 56.3 Å². The second-order valence-corrected chi connectivity index (χ2v) is 10.7. The first-order chi connectivity index (χ1) is 16.5. The van der Waals surface area contributed by atoms with Crippen LogP contribution >= 0.6 is 22.7 Å². The highest BCUT2D eigenvalue weighted by atomic mass is 32.1. The van der Waals surface area contributed by atoms with Crippen molar-refractivity contribution in [2.75, 3.05) is 4.90 Å². The Morgan fingerprint density at radius 2 is 1.88 bits per heavy atom. The Bertz CT molecular complexity index is 1420. The fourth-order valence-corrected chi connectivity index (χ4v) is 6.19. The first-order valence-corrected chi connectivity index (χ1v) is 12.9. The summed E-state index contributed by atoms with van der Waals surface area (Å²) in [6.45, 7) is 2.06. The summed E-state index contributed by atoms with van der Waals surface area (Å²) >= 11 is 2.98. The number of hydrogen-bond donors (Lipinski definition) is 0. The van der Waals surface area contributed by atoms with Crippen molar-refractivity contribution in [3.63, 3.8) is 0 Å². The number of thiazole rings is 1. The van der Waals surface area contributed by atoms with Gasteiger partial charge in [-0.3, -0.25) is 14.4 Å². The minimum Gasteiger partial charge on any atom is -0.322 e. The minimum absolute atomic E-state index is 0.0193. The van der Waals surface area contributed by atoms with Gasteiger partial charge in [-0.1, -0.05) is 12.1 Å². The van der Waals surface area contributed by atoms with Crippen LogP contribution in [0.2, 0.25) is 0 Å². The molecule has 1 aliphatic carbocycles. The first kappa shape index (κ1) is 21.2. The van der Waals surface area contributed by atoms with Gasteiger partial charge in [-0.2, -0.15) is 0 Å². The smallest absolute Gasteiger partial charge is 0.264 e. The molecule has 34 heavy (non-hydrogen) atoms. The number of anilines is 1.